The molecule has 1 aliphatic heterocycles. The van der Waals surface area contributed by atoms with Gasteiger partial charge in [0.15, 0.2) is 0 Å². The van der Waals surface area contributed by atoms with E-state index in [1.54, 1.807) is 0 Å². The summed E-state index contributed by atoms with van der Waals surface area (Å²) in [5.74, 6) is -0.0101. The lowest BCUT2D eigenvalue weighted by Gasteiger charge is -2.26. The van der Waals surface area contributed by atoms with E-state index in [2.05, 4.69) is 20.4 Å². The van der Waals surface area contributed by atoms with Crippen LogP contribution in [0.15, 0.2) is 30.3 Å². The second-order valence-electron chi connectivity index (χ2n) is 5.59. The highest BCUT2D eigenvalue weighted by Crippen LogP contribution is 2.25. The van der Waals surface area contributed by atoms with Crippen molar-refractivity contribution in [3.63, 3.8) is 0 Å². The van der Waals surface area contributed by atoms with Gasteiger partial charge in [-0.25, -0.2) is 0 Å². The molecule has 1 aromatic heterocycles. The first kappa shape index (κ1) is 16.8. The van der Waals surface area contributed by atoms with Crippen molar-refractivity contribution in [2.75, 3.05) is 38.6 Å². The first-order valence-electron chi connectivity index (χ1n) is 7.95. The monoisotopic (exact) mass is 347 g/mol. The van der Waals surface area contributed by atoms with Crippen LogP contribution in [-0.2, 0) is 9.53 Å². The van der Waals surface area contributed by atoms with Crippen LogP contribution in [0.25, 0.3) is 0 Å². The van der Waals surface area contributed by atoms with Crippen molar-refractivity contribution in [1.29, 1.82) is 0 Å². The molecular weight excluding hydrogens is 326 g/mol. The Balaban J connectivity index is 1.64. The smallest absolute Gasteiger partial charge is 0.222 e. The molecular formula is C16H21N5O2S. The van der Waals surface area contributed by atoms with E-state index in [0.29, 0.717) is 16.6 Å². The molecule has 1 saturated heterocycles. The predicted octanol–water partition coefficient (Wildman–Crippen LogP) is 1.05. The second kappa shape index (κ2) is 8.18. The quantitative estimate of drug-likeness (QED) is 0.811. The minimum atomic E-state index is -0.321. The normalized spacial score (nSPS) is 16.7. The van der Waals surface area contributed by atoms with Crippen LogP contribution in [0, 0.1) is 0 Å². The number of nitrogens with two attached hydrogens (primary N) is 1. The Kier molecular flexibility index (Phi) is 5.73. The standard InChI is InChI=1S/C16H21N5O2S/c17-16-20-19-15(24-16)14(12-4-2-1-3-5-12)18-13(22)6-7-21-8-10-23-11-9-21/h1-5,14H,6-11H2,(H2,17,20)(H,18,22). The number of amides is 1. The zero-order valence-electron chi connectivity index (χ0n) is 13.4. The average Bonchev–Trinajstić information content (AvgIpc) is 3.05. The summed E-state index contributed by atoms with van der Waals surface area (Å²) >= 11 is 1.29. The molecule has 0 radical (unpaired) electrons. The van der Waals surface area contributed by atoms with Crippen molar-refractivity contribution in [3.05, 3.63) is 40.9 Å². The third kappa shape index (κ3) is 4.50. The Morgan fingerprint density at radius 3 is 2.71 bits per heavy atom. The fourth-order valence-electron chi connectivity index (χ4n) is 2.61. The van der Waals surface area contributed by atoms with Gasteiger partial charge < -0.3 is 15.8 Å². The molecule has 0 aliphatic carbocycles. The van der Waals surface area contributed by atoms with Crippen molar-refractivity contribution in [3.8, 4) is 0 Å². The maximum absolute atomic E-state index is 12.4. The van der Waals surface area contributed by atoms with Gasteiger partial charge in [-0.05, 0) is 5.56 Å². The summed E-state index contributed by atoms with van der Waals surface area (Å²) in [7, 11) is 0. The van der Waals surface area contributed by atoms with Crippen LogP contribution < -0.4 is 11.1 Å². The number of hydrogen-bond acceptors (Lipinski definition) is 7. The lowest BCUT2D eigenvalue weighted by molar-refractivity contribution is -0.122. The van der Waals surface area contributed by atoms with E-state index in [0.717, 1.165) is 38.4 Å². The van der Waals surface area contributed by atoms with Gasteiger partial charge >= 0.3 is 0 Å². The molecule has 1 aliphatic rings. The molecule has 1 amide bonds. The number of hydrogen-bond donors (Lipinski definition) is 2. The fourth-order valence-corrected chi connectivity index (χ4v) is 3.30. The summed E-state index contributed by atoms with van der Waals surface area (Å²) in [5.41, 5.74) is 6.66. The number of nitrogens with one attached hydrogen (secondary N) is 1. The van der Waals surface area contributed by atoms with E-state index in [1.807, 2.05) is 30.3 Å². The van der Waals surface area contributed by atoms with Gasteiger partial charge in [0.05, 0.1) is 13.2 Å². The van der Waals surface area contributed by atoms with Crippen LogP contribution in [-0.4, -0.2) is 53.9 Å². The van der Waals surface area contributed by atoms with Gasteiger partial charge in [-0.3, -0.25) is 9.69 Å². The van der Waals surface area contributed by atoms with Crippen molar-refractivity contribution >= 4 is 22.4 Å². The Bertz CT molecular complexity index is 657. The predicted molar refractivity (Wildman–Crippen MR) is 92.6 cm³/mol. The van der Waals surface area contributed by atoms with Gasteiger partial charge in [0.2, 0.25) is 11.0 Å². The molecule has 1 unspecified atom stereocenters. The van der Waals surface area contributed by atoms with Gasteiger partial charge in [-0.1, -0.05) is 41.7 Å². The highest BCUT2D eigenvalue weighted by Gasteiger charge is 2.21. The molecule has 1 aromatic carbocycles. The van der Waals surface area contributed by atoms with E-state index >= 15 is 0 Å². The topological polar surface area (TPSA) is 93.4 Å². The molecule has 128 valence electrons. The highest BCUT2D eigenvalue weighted by molar-refractivity contribution is 7.15. The Hall–Kier alpha value is -2.03. The number of nitrogen functional groups attached to an aromatic ring is 1. The summed E-state index contributed by atoms with van der Waals surface area (Å²) in [5, 5.41) is 12.1. The van der Waals surface area contributed by atoms with Crippen molar-refractivity contribution in [2.45, 2.75) is 12.5 Å². The van der Waals surface area contributed by atoms with Crippen LogP contribution >= 0.6 is 11.3 Å². The van der Waals surface area contributed by atoms with Crippen molar-refractivity contribution in [1.82, 2.24) is 20.4 Å². The highest BCUT2D eigenvalue weighted by atomic mass is 32.1. The number of ether oxygens (including phenoxy) is 1. The third-order valence-electron chi connectivity index (χ3n) is 3.90. The van der Waals surface area contributed by atoms with E-state index in [9.17, 15) is 4.79 Å². The summed E-state index contributed by atoms with van der Waals surface area (Å²) in [6.07, 6.45) is 0.442. The zero-order chi connectivity index (χ0) is 16.8. The van der Waals surface area contributed by atoms with Gasteiger partial charge in [-0.15, -0.1) is 10.2 Å². The largest absolute Gasteiger partial charge is 0.379 e. The maximum Gasteiger partial charge on any atom is 0.222 e. The minimum Gasteiger partial charge on any atom is -0.379 e. The first-order valence-corrected chi connectivity index (χ1v) is 8.77. The molecule has 2 aromatic rings. The van der Waals surface area contributed by atoms with E-state index < -0.39 is 0 Å². The lowest BCUT2D eigenvalue weighted by atomic mass is 10.1. The molecule has 0 bridgehead atoms. The molecule has 3 rings (SSSR count). The molecule has 8 heteroatoms. The number of rotatable bonds is 6. The molecule has 24 heavy (non-hydrogen) atoms. The molecule has 1 fully saturated rings. The van der Waals surface area contributed by atoms with Crippen LogP contribution in [0.5, 0.6) is 0 Å². The van der Waals surface area contributed by atoms with E-state index in [4.69, 9.17) is 10.5 Å². The number of nitrogens with zero attached hydrogens (tertiary/aromatic N) is 3. The Morgan fingerprint density at radius 1 is 1.29 bits per heavy atom. The zero-order valence-corrected chi connectivity index (χ0v) is 14.2. The van der Waals surface area contributed by atoms with Crippen LogP contribution in [0.2, 0.25) is 0 Å². The van der Waals surface area contributed by atoms with Crippen molar-refractivity contribution < 1.29 is 9.53 Å². The number of anilines is 1. The minimum absolute atomic E-state index is 0.0101. The van der Waals surface area contributed by atoms with Gasteiger partial charge in [0.1, 0.15) is 11.0 Å². The van der Waals surface area contributed by atoms with E-state index in [-0.39, 0.29) is 11.9 Å². The third-order valence-corrected chi connectivity index (χ3v) is 4.72. The average molecular weight is 347 g/mol. The summed E-state index contributed by atoms with van der Waals surface area (Å²) in [6, 6.07) is 9.42. The molecule has 7 nitrogen and oxygen atoms in total. The number of carbonyl (C=O) groups excluding carboxylic acids is 1. The van der Waals surface area contributed by atoms with E-state index in [1.165, 1.54) is 11.3 Å². The van der Waals surface area contributed by atoms with Crippen molar-refractivity contribution in [2.24, 2.45) is 0 Å². The molecule has 0 spiro atoms. The summed E-state index contributed by atoms with van der Waals surface area (Å²) < 4.78 is 5.32. The van der Waals surface area contributed by atoms with Gasteiger partial charge in [-0.2, -0.15) is 0 Å². The van der Waals surface area contributed by atoms with Crippen LogP contribution in [0.1, 0.15) is 23.0 Å². The SMILES string of the molecule is Nc1nnc(C(NC(=O)CCN2CCOCC2)c2ccccc2)s1. The number of aromatic nitrogens is 2. The van der Waals surface area contributed by atoms with Crippen LogP contribution in [0.4, 0.5) is 5.13 Å². The number of carbonyl (C=O) groups is 1. The van der Waals surface area contributed by atoms with Gasteiger partial charge in [0.25, 0.3) is 0 Å². The number of morpholine rings is 1. The maximum atomic E-state index is 12.4. The van der Waals surface area contributed by atoms with Crippen LogP contribution in [0.3, 0.4) is 0 Å². The second-order valence-corrected chi connectivity index (χ2v) is 6.63. The molecule has 0 saturated carbocycles. The molecule has 1 atom stereocenters. The first-order chi connectivity index (χ1) is 11.7. The van der Waals surface area contributed by atoms with Gasteiger partial charge in [0, 0.05) is 26.1 Å². The molecule has 3 N–H and O–H groups in total. The Morgan fingerprint density at radius 2 is 2.04 bits per heavy atom. The fraction of sp³-hybridized carbons (Fsp3) is 0.438. The summed E-state index contributed by atoms with van der Waals surface area (Å²) in [4.78, 5) is 14.6. The lowest BCUT2D eigenvalue weighted by Crippen LogP contribution is -2.39. The summed E-state index contributed by atoms with van der Waals surface area (Å²) in [6.45, 7) is 3.95. The Labute approximate surface area is 144 Å². The number of benzene rings is 1. The molecule has 2 heterocycles.